The molecule has 0 aliphatic rings. The first-order valence-electron chi connectivity index (χ1n) is 6.09. The van der Waals surface area contributed by atoms with E-state index in [4.69, 9.17) is 0 Å². The molecule has 0 aliphatic carbocycles. The fraction of sp³-hybridized carbons (Fsp3) is 0.308. The monoisotopic (exact) mass is 259 g/mol. The molecule has 6 nitrogen and oxygen atoms in total. The van der Waals surface area contributed by atoms with Crippen molar-refractivity contribution < 1.29 is 4.79 Å². The molecule has 0 spiro atoms. The maximum atomic E-state index is 12.0. The Labute approximate surface area is 111 Å². The standard InChI is InChI=1S/C13H17N5O/c1-10(8-18-6-5-15-9-18)17-13(19)12-4-3-11(14-2)7-16-12/h3-7,9-10,14H,8H2,1-2H3,(H,17,19). The van der Waals surface area contributed by atoms with Crippen molar-refractivity contribution in [3.63, 3.8) is 0 Å². The molecule has 2 N–H and O–H groups in total. The number of pyridine rings is 1. The Morgan fingerprint density at radius 2 is 2.32 bits per heavy atom. The Bertz CT molecular complexity index is 520. The predicted molar refractivity (Wildman–Crippen MR) is 72.9 cm³/mol. The van der Waals surface area contributed by atoms with Crippen LogP contribution < -0.4 is 10.6 Å². The minimum Gasteiger partial charge on any atom is -0.387 e. The first kappa shape index (κ1) is 13.1. The summed E-state index contributed by atoms with van der Waals surface area (Å²) in [6, 6.07) is 3.53. The van der Waals surface area contributed by atoms with Crippen LogP contribution in [0.4, 0.5) is 5.69 Å². The van der Waals surface area contributed by atoms with Crippen LogP contribution in [-0.2, 0) is 6.54 Å². The lowest BCUT2D eigenvalue weighted by molar-refractivity contribution is 0.0931. The van der Waals surface area contributed by atoms with Gasteiger partial charge in [0.25, 0.3) is 5.91 Å². The van der Waals surface area contributed by atoms with Crippen LogP contribution in [0.2, 0.25) is 0 Å². The Balaban J connectivity index is 1.92. The molecule has 19 heavy (non-hydrogen) atoms. The molecule has 2 rings (SSSR count). The molecule has 100 valence electrons. The van der Waals surface area contributed by atoms with Gasteiger partial charge in [0.1, 0.15) is 5.69 Å². The summed E-state index contributed by atoms with van der Waals surface area (Å²) >= 11 is 0. The molecule has 2 aromatic rings. The normalized spacial score (nSPS) is 11.9. The third-order valence-electron chi connectivity index (χ3n) is 2.71. The van der Waals surface area contributed by atoms with E-state index in [-0.39, 0.29) is 11.9 Å². The number of hydrogen-bond acceptors (Lipinski definition) is 4. The maximum absolute atomic E-state index is 12.0. The van der Waals surface area contributed by atoms with Crippen molar-refractivity contribution in [2.45, 2.75) is 19.5 Å². The minimum atomic E-state index is -0.171. The third-order valence-corrected chi connectivity index (χ3v) is 2.71. The number of amides is 1. The summed E-state index contributed by atoms with van der Waals surface area (Å²) in [4.78, 5) is 20.0. The van der Waals surface area contributed by atoms with E-state index >= 15 is 0 Å². The van der Waals surface area contributed by atoms with E-state index in [9.17, 15) is 4.79 Å². The van der Waals surface area contributed by atoms with Gasteiger partial charge in [-0.15, -0.1) is 0 Å². The second kappa shape index (κ2) is 5.99. The lowest BCUT2D eigenvalue weighted by Gasteiger charge is -2.14. The number of nitrogens with one attached hydrogen (secondary N) is 2. The number of carbonyl (C=O) groups excluding carboxylic acids is 1. The molecule has 0 aliphatic heterocycles. The van der Waals surface area contributed by atoms with Gasteiger partial charge in [-0.2, -0.15) is 0 Å². The van der Waals surface area contributed by atoms with E-state index in [0.717, 1.165) is 5.69 Å². The lowest BCUT2D eigenvalue weighted by Crippen LogP contribution is -2.35. The molecule has 1 atom stereocenters. The van der Waals surface area contributed by atoms with Crippen LogP contribution in [0.15, 0.2) is 37.1 Å². The van der Waals surface area contributed by atoms with Crippen molar-refractivity contribution in [2.24, 2.45) is 0 Å². The Hall–Kier alpha value is -2.37. The zero-order chi connectivity index (χ0) is 13.7. The maximum Gasteiger partial charge on any atom is 0.270 e. The van der Waals surface area contributed by atoms with Crippen LogP contribution in [-0.4, -0.2) is 33.5 Å². The number of hydrogen-bond donors (Lipinski definition) is 2. The second-order valence-corrected chi connectivity index (χ2v) is 4.32. The fourth-order valence-electron chi connectivity index (χ4n) is 1.73. The molecule has 0 bridgehead atoms. The fourth-order valence-corrected chi connectivity index (χ4v) is 1.73. The molecule has 0 saturated carbocycles. The molecule has 6 heteroatoms. The quantitative estimate of drug-likeness (QED) is 0.844. The smallest absolute Gasteiger partial charge is 0.270 e. The van der Waals surface area contributed by atoms with E-state index in [0.29, 0.717) is 12.2 Å². The van der Waals surface area contributed by atoms with Crippen molar-refractivity contribution in [2.75, 3.05) is 12.4 Å². The molecule has 2 aromatic heterocycles. The first-order chi connectivity index (χ1) is 9.19. The number of anilines is 1. The summed E-state index contributed by atoms with van der Waals surface area (Å²) in [6.45, 7) is 2.63. The Morgan fingerprint density at radius 1 is 1.47 bits per heavy atom. The SMILES string of the molecule is CNc1ccc(C(=O)NC(C)Cn2ccnc2)nc1. The van der Waals surface area contributed by atoms with Gasteiger partial charge in [-0.3, -0.25) is 4.79 Å². The van der Waals surface area contributed by atoms with Crippen LogP contribution in [0.1, 0.15) is 17.4 Å². The van der Waals surface area contributed by atoms with Crippen molar-refractivity contribution in [1.29, 1.82) is 0 Å². The Kier molecular flexibility index (Phi) is 4.12. The van der Waals surface area contributed by atoms with Crippen molar-refractivity contribution >= 4 is 11.6 Å². The highest BCUT2D eigenvalue weighted by Gasteiger charge is 2.11. The van der Waals surface area contributed by atoms with E-state index in [1.165, 1.54) is 0 Å². The molecule has 1 amide bonds. The van der Waals surface area contributed by atoms with Gasteiger partial charge in [-0.25, -0.2) is 9.97 Å². The summed E-state index contributed by atoms with van der Waals surface area (Å²) in [5.74, 6) is -0.171. The minimum absolute atomic E-state index is 0.00692. The van der Waals surface area contributed by atoms with E-state index in [1.807, 2.05) is 30.8 Å². The number of nitrogens with zero attached hydrogens (tertiary/aromatic N) is 3. The van der Waals surface area contributed by atoms with Gasteiger partial charge < -0.3 is 15.2 Å². The first-order valence-corrected chi connectivity index (χ1v) is 6.09. The molecular weight excluding hydrogens is 242 g/mol. The predicted octanol–water partition coefficient (Wildman–Crippen LogP) is 1.14. The number of aromatic nitrogens is 3. The van der Waals surface area contributed by atoms with Crippen LogP contribution in [0, 0.1) is 0 Å². The highest BCUT2D eigenvalue weighted by molar-refractivity contribution is 5.92. The van der Waals surface area contributed by atoms with E-state index < -0.39 is 0 Å². The molecule has 0 saturated heterocycles. The van der Waals surface area contributed by atoms with Crippen LogP contribution in [0.5, 0.6) is 0 Å². The zero-order valence-electron chi connectivity index (χ0n) is 11.0. The van der Waals surface area contributed by atoms with Gasteiger partial charge in [-0.1, -0.05) is 0 Å². The van der Waals surface area contributed by atoms with Crippen LogP contribution in [0.3, 0.4) is 0 Å². The molecule has 0 fully saturated rings. The van der Waals surface area contributed by atoms with Gasteiger partial charge in [-0.05, 0) is 19.1 Å². The lowest BCUT2D eigenvalue weighted by atomic mass is 10.2. The van der Waals surface area contributed by atoms with Gasteiger partial charge in [0.2, 0.25) is 0 Å². The highest BCUT2D eigenvalue weighted by Crippen LogP contribution is 2.05. The number of carbonyl (C=O) groups is 1. The van der Waals surface area contributed by atoms with Gasteiger partial charge in [0, 0.05) is 32.0 Å². The average Bonchev–Trinajstić information content (AvgIpc) is 2.91. The van der Waals surface area contributed by atoms with Crippen molar-refractivity contribution in [3.05, 3.63) is 42.7 Å². The van der Waals surface area contributed by atoms with Crippen molar-refractivity contribution in [1.82, 2.24) is 19.9 Å². The molecule has 0 aromatic carbocycles. The van der Waals surface area contributed by atoms with E-state index in [1.54, 1.807) is 24.8 Å². The topological polar surface area (TPSA) is 71.8 Å². The van der Waals surface area contributed by atoms with Crippen molar-refractivity contribution in [3.8, 4) is 0 Å². The summed E-state index contributed by atoms with van der Waals surface area (Å²) in [5, 5.41) is 5.86. The van der Waals surface area contributed by atoms with Gasteiger partial charge in [0.15, 0.2) is 0 Å². The molecule has 2 heterocycles. The zero-order valence-corrected chi connectivity index (χ0v) is 11.0. The Morgan fingerprint density at radius 3 is 2.89 bits per heavy atom. The van der Waals surface area contributed by atoms with Gasteiger partial charge in [0.05, 0.1) is 18.2 Å². The summed E-state index contributed by atoms with van der Waals surface area (Å²) in [6.07, 6.45) is 6.94. The number of rotatable bonds is 5. The molecule has 0 radical (unpaired) electrons. The van der Waals surface area contributed by atoms with Gasteiger partial charge >= 0.3 is 0 Å². The second-order valence-electron chi connectivity index (χ2n) is 4.32. The van der Waals surface area contributed by atoms with E-state index in [2.05, 4.69) is 20.6 Å². The third kappa shape index (κ3) is 3.54. The highest BCUT2D eigenvalue weighted by atomic mass is 16.1. The average molecular weight is 259 g/mol. The summed E-state index contributed by atoms with van der Waals surface area (Å²) in [5.41, 5.74) is 1.29. The summed E-state index contributed by atoms with van der Waals surface area (Å²) < 4.78 is 1.92. The number of imidazole rings is 1. The van der Waals surface area contributed by atoms with Crippen LogP contribution in [0.25, 0.3) is 0 Å². The molecule has 1 unspecified atom stereocenters. The summed E-state index contributed by atoms with van der Waals surface area (Å²) in [7, 11) is 1.81. The largest absolute Gasteiger partial charge is 0.387 e. The molecular formula is C13H17N5O. The van der Waals surface area contributed by atoms with Crippen LogP contribution >= 0.6 is 0 Å².